The molecule has 0 aliphatic heterocycles. The third-order valence-electron chi connectivity index (χ3n) is 4.59. The largest absolute Gasteiger partial charge is 0.495 e. The standard InChI is InChI=1S/C23H18ClN3O2/c1-14-3-5-20-17(11-14)18(13-21(27-20)15-7-9-25-10-8-15)23(28)26-16-4-6-22(29-2)19(24)12-16/h3-13H,1-2H3,(H,26,28). The molecule has 0 bridgehead atoms. The first-order valence-electron chi connectivity index (χ1n) is 9.02. The minimum Gasteiger partial charge on any atom is -0.495 e. The van der Waals surface area contributed by atoms with Crippen molar-refractivity contribution in [3.05, 3.63) is 83.1 Å². The summed E-state index contributed by atoms with van der Waals surface area (Å²) in [5.41, 5.74) is 4.53. The normalized spacial score (nSPS) is 10.7. The molecule has 4 rings (SSSR count). The van der Waals surface area contributed by atoms with Crippen LogP contribution in [0.15, 0.2) is 67.0 Å². The van der Waals surface area contributed by atoms with Crippen LogP contribution in [-0.2, 0) is 0 Å². The van der Waals surface area contributed by atoms with Crippen LogP contribution in [0.25, 0.3) is 22.2 Å². The van der Waals surface area contributed by atoms with Crippen LogP contribution in [0, 0.1) is 6.92 Å². The van der Waals surface area contributed by atoms with Gasteiger partial charge in [-0.05, 0) is 55.5 Å². The lowest BCUT2D eigenvalue weighted by molar-refractivity contribution is 0.102. The number of nitrogens with one attached hydrogen (secondary N) is 1. The first kappa shape index (κ1) is 18.9. The highest BCUT2D eigenvalue weighted by molar-refractivity contribution is 6.32. The lowest BCUT2D eigenvalue weighted by atomic mass is 10.0. The number of halogens is 1. The van der Waals surface area contributed by atoms with Gasteiger partial charge in [-0.2, -0.15) is 0 Å². The number of amides is 1. The number of carbonyl (C=O) groups is 1. The zero-order chi connectivity index (χ0) is 20.4. The van der Waals surface area contributed by atoms with E-state index in [1.54, 1.807) is 43.8 Å². The van der Waals surface area contributed by atoms with Gasteiger partial charge in [0, 0.05) is 29.0 Å². The van der Waals surface area contributed by atoms with Crippen molar-refractivity contribution in [1.82, 2.24) is 9.97 Å². The number of aryl methyl sites for hydroxylation is 1. The van der Waals surface area contributed by atoms with Gasteiger partial charge in [0.2, 0.25) is 0 Å². The lowest BCUT2D eigenvalue weighted by Crippen LogP contribution is -2.13. The van der Waals surface area contributed by atoms with E-state index in [-0.39, 0.29) is 5.91 Å². The number of anilines is 1. The summed E-state index contributed by atoms with van der Waals surface area (Å²) in [6.07, 6.45) is 3.41. The minimum absolute atomic E-state index is 0.237. The Bertz CT molecular complexity index is 1210. The fourth-order valence-electron chi connectivity index (χ4n) is 3.14. The molecule has 0 aliphatic rings. The van der Waals surface area contributed by atoms with Crippen LogP contribution in [0.4, 0.5) is 5.69 Å². The zero-order valence-electron chi connectivity index (χ0n) is 15.9. The van der Waals surface area contributed by atoms with Gasteiger partial charge in [-0.3, -0.25) is 9.78 Å². The molecule has 0 fully saturated rings. The molecule has 0 radical (unpaired) electrons. The smallest absolute Gasteiger partial charge is 0.256 e. The number of rotatable bonds is 4. The van der Waals surface area contributed by atoms with Gasteiger partial charge in [0.1, 0.15) is 5.75 Å². The Morgan fingerprint density at radius 2 is 1.83 bits per heavy atom. The van der Waals surface area contributed by atoms with E-state index in [2.05, 4.69) is 10.3 Å². The maximum atomic E-state index is 13.2. The summed E-state index contributed by atoms with van der Waals surface area (Å²) in [5, 5.41) is 4.14. The number of nitrogens with zero attached hydrogens (tertiary/aromatic N) is 2. The minimum atomic E-state index is -0.237. The fourth-order valence-corrected chi connectivity index (χ4v) is 3.40. The average Bonchev–Trinajstić information content (AvgIpc) is 2.73. The molecule has 144 valence electrons. The van der Waals surface area contributed by atoms with E-state index in [1.807, 2.05) is 37.3 Å². The summed E-state index contributed by atoms with van der Waals surface area (Å²) in [5.74, 6) is 0.314. The molecule has 0 saturated heterocycles. The number of methoxy groups -OCH3 is 1. The van der Waals surface area contributed by atoms with Crippen molar-refractivity contribution >= 4 is 34.1 Å². The van der Waals surface area contributed by atoms with Crippen molar-refractivity contribution in [3.8, 4) is 17.0 Å². The Hall–Kier alpha value is -3.44. The summed E-state index contributed by atoms with van der Waals surface area (Å²) < 4.78 is 5.17. The third kappa shape index (κ3) is 3.91. The molecule has 2 heterocycles. The highest BCUT2D eigenvalue weighted by atomic mass is 35.5. The molecular weight excluding hydrogens is 386 g/mol. The Morgan fingerprint density at radius 3 is 2.55 bits per heavy atom. The van der Waals surface area contributed by atoms with Gasteiger partial charge in [0.15, 0.2) is 0 Å². The molecule has 29 heavy (non-hydrogen) atoms. The highest BCUT2D eigenvalue weighted by Gasteiger charge is 2.15. The molecule has 0 spiro atoms. The van der Waals surface area contributed by atoms with Crippen LogP contribution in [-0.4, -0.2) is 23.0 Å². The monoisotopic (exact) mass is 403 g/mol. The SMILES string of the molecule is COc1ccc(NC(=O)c2cc(-c3ccncc3)nc3ccc(C)cc23)cc1Cl. The topological polar surface area (TPSA) is 64.1 Å². The Kier molecular flexibility index (Phi) is 5.14. The van der Waals surface area contributed by atoms with E-state index in [1.165, 1.54) is 0 Å². The van der Waals surface area contributed by atoms with E-state index in [0.29, 0.717) is 27.7 Å². The van der Waals surface area contributed by atoms with Gasteiger partial charge in [-0.15, -0.1) is 0 Å². The van der Waals surface area contributed by atoms with Crippen LogP contribution in [0.3, 0.4) is 0 Å². The number of hydrogen-bond acceptors (Lipinski definition) is 4. The second-order valence-electron chi connectivity index (χ2n) is 6.61. The Morgan fingerprint density at radius 1 is 1.03 bits per heavy atom. The molecule has 0 unspecified atom stereocenters. The molecule has 1 amide bonds. The van der Waals surface area contributed by atoms with E-state index in [4.69, 9.17) is 21.3 Å². The predicted molar refractivity (Wildman–Crippen MR) is 116 cm³/mol. The summed E-state index contributed by atoms with van der Waals surface area (Å²) in [6.45, 7) is 1.99. The van der Waals surface area contributed by atoms with Crippen LogP contribution in [0.1, 0.15) is 15.9 Å². The van der Waals surface area contributed by atoms with E-state index < -0.39 is 0 Å². The van der Waals surface area contributed by atoms with Gasteiger partial charge in [-0.1, -0.05) is 23.2 Å². The second kappa shape index (κ2) is 7.89. The molecule has 0 saturated carbocycles. The van der Waals surface area contributed by atoms with Crippen molar-refractivity contribution in [2.45, 2.75) is 6.92 Å². The number of fused-ring (bicyclic) bond motifs is 1. The average molecular weight is 404 g/mol. The van der Waals surface area contributed by atoms with Crippen molar-refractivity contribution in [1.29, 1.82) is 0 Å². The number of hydrogen-bond donors (Lipinski definition) is 1. The molecule has 0 atom stereocenters. The molecule has 2 aromatic carbocycles. The van der Waals surface area contributed by atoms with Crippen molar-refractivity contribution in [3.63, 3.8) is 0 Å². The van der Waals surface area contributed by atoms with Gasteiger partial charge >= 0.3 is 0 Å². The molecule has 2 aromatic heterocycles. The molecule has 1 N–H and O–H groups in total. The van der Waals surface area contributed by atoms with E-state index >= 15 is 0 Å². The van der Waals surface area contributed by atoms with Crippen molar-refractivity contribution < 1.29 is 9.53 Å². The predicted octanol–water partition coefficient (Wildman–Crippen LogP) is 5.52. The zero-order valence-corrected chi connectivity index (χ0v) is 16.7. The first-order valence-corrected chi connectivity index (χ1v) is 9.39. The van der Waals surface area contributed by atoms with Crippen LogP contribution in [0.2, 0.25) is 5.02 Å². The molecule has 4 aromatic rings. The molecule has 6 heteroatoms. The molecule has 0 aliphatic carbocycles. The van der Waals surface area contributed by atoms with Crippen molar-refractivity contribution in [2.75, 3.05) is 12.4 Å². The summed E-state index contributed by atoms with van der Waals surface area (Å²) in [7, 11) is 1.55. The summed E-state index contributed by atoms with van der Waals surface area (Å²) in [6, 6.07) is 16.5. The Balaban J connectivity index is 1.79. The van der Waals surface area contributed by atoms with Crippen molar-refractivity contribution in [2.24, 2.45) is 0 Å². The van der Waals surface area contributed by atoms with E-state index in [0.717, 1.165) is 22.0 Å². The maximum Gasteiger partial charge on any atom is 0.256 e. The fraction of sp³-hybridized carbons (Fsp3) is 0.0870. The third-order valence-corrected chi connectivity index (χ3v) is 4.89. The van der Waals surface area contributed by atoms with Gasteiger partial charge in [0.05, 0.1) is 28.9 Å². The molecule has 5 nitrogen and oxygen atoms in total. The number of aromatic nitrogens is 2. The van der Waals surface area contributed by atoms with Gasteiger partial charge in [-0.25, -0.2) is 4.98 Å². The number of pyridine rings is 2. The Labute approximate surface area is 173 Å². The van der Waals surface area contributed by atoms with E-state index in [9.17, 15) is 4.79 Å². The van der Waals surface area contributed by atoms with Crippen LogP contribution < -0.4 is 10.1 Å². The van der Waals surface area contributed by atoms with Crippen LogP contribution >= 0.6 is 11.6 Å². The number of carbonyl (C=O) groups excluding carboxylic acids is 1. The maximum absolute atomic E-state index is 13.2. The summed E-state index contributed by atoms with van der Waals surface area (Å²) in [4.78, 5) is 21.9. The summed E-state index contributed by atoms with van der Waals surface area (Å²) >= 11 is 6.19. The first-order chi connectivity index (χ1) is 14.0. The van der Waals surface area contributed by atoms with Gasteiger partial charge in [0.25, 0.3) is 5.91 Å². The number of benzene rings is 2. The second-order valence-corrected chi connectivity index (χ2v) is 7.02. The molecular formula is C23H18ClN3O2. The van der Waals surface area contributed by atoms with Crippen LogP contribution in [0.5, 0.6) is 5.75 Å². The number of ether oxygens (including phenoxy) is 1. The quantitative estimate of drug-likeness (QED) is 0.487. The van der Waals surface area contributed by atoms with Gasteiger partial charge < -0.3 is 10.1 Å². The lowest BCUT2D eigenvalue weighted by Gasteiger charge is -2.12. The highest BCUT2D eigenvalue weighted by Crippen LogP contribution is 2.29.